The molecule has 0 aliphatic heterocycles. The quantitative estimate of drug-likeness (QED) is 0.839. The van der Waals surface area contributed by atoms with Gasteiger partial charge in [-0.3, -0.25) is 5.32 Å². The lowest BCUT2D eigenvalue weighted by atomic mass is 10.0. The molecular weight excluding hydrogens is 298 g/mol. The lowest BCUT2D eigenvalue weighted by Crippen LogP contribution is -2.39. The summed E-state index contributed by atoms with van der Waals surface area (Å²) in [5.41, 5.74) is 0. The van der Waals surface area contributed by atoms with Crippen LogP contribution in [0.2, 0.25) is 4.34 Å². The van der Waals surface area contributed by atoms with Gasteiger partial charge in [0.05, 0.1) is 17.0 Å². The Morgan fingerprint density at radius 3 is 2.53 bits per heavy atom. The van der Waals surface area contributed by atoms with Gasteiger partial charge < -0.3 is 5.11 Å². The first-order chi connectivity index (χ1) is 9.11. The van der Waals surface area contributed by atoms with E-state index < -0.39 is 0 Å². The Morgan fingerprint density at radius 2 is 2.05 bits per heavy atom. The maximum absolute atomic E-state index is 9.51. The van der Waals surface area contributed by atoms with Crippen molar-refractivity contribution in [3.8, 4) is 0 Å². The van der Waals surface area contributed by atoms with Gasteiger partial charge in [-0.25, -0.2) is 0 Å². The van der Waals surface area contributed by atoms with Crippen molar-refractivity contribution in [1.29, 1.82) is 0 Å². The Morgan fingerprint density at radius 1 is 1.26 bits per heavy atom. The van der Waals surface area contributed by atoms with Crippen LogP contribution in [-0.4, -0.2) is 17.8 Å². The average Bonchev–Trinajstić information content (AvgIpc) is 3.01. The molecule has 104 valence electrons. The van der Waals surface area contributed by atoms with E-state index in [9.17, 15) is 5.11 Å². The second-order valence-electron chi connectivity index (χ2n) is 4.79. The van der Waals surface area contributed by atoms with Crippen molar-refractivity contribution < 1.29 is 5.11 Å². The number of hydrogen-bond acceptors (Lipinski definition) is 4. The van der Waals surface area contributed by atoms with Crippen molar-refractivity contribution >= 4 is 34.3 Å². The molecule has 0 amide bonds. The predicted octanol–water partition coefficient (Wildman–Crippen LogP) is 4.16. The van der Waals surface area contributed by atoms with E-state index in [1.807, 2.05) is 12.1 Å². The highest BCUT2D eigenvalue weighted by Crippen LogP contribution is 2.33. The zero-order valence-electron chi connectivity index (χ0n) is 11.0. The molecule has 0 aliphatic rings. The van der Waals surface area contributed by atoms with Crippen LogP contribution in [0.5, 0.6) is 0 Å². The van der Waals surface area contributed by atoms with Crippen LogP contribution in [0.15, 0.2) is 29.6 Å². The number of halogens is 1. The molecular formula is C14H18ClNOS2. The van der Waals surface area contributed by atoms with Gasteiger partial charge in [-0.05, 0) is 29.5 Å². The molecule has 2 rings (SSSR count). The molecule has 2 nitrogen and oxygen atoms in total. The van der Waals surface area contributed by atoms with Gasteiger partial charge in [0.15, 0.2) is 0 Å². The van der Waals surface area contributed by atoms with Crippen LogP contribution >= 0.6 is 34.3 Å². The van der Waals surface area contributed by atoms with Gasteiger partial charge in [0.1, 0.15) is 0 Å². The van der Waals surface area contributed by atoms with E-state index in [-0.39, 0.29) is 18.7 Å². The Bertz CT molecular complexity index is 495. The minimum Gasteiger partial charge on any atom is -0.395 e. The maximum atomic E-state index is 9.51. The summed E-state index contributed by atoms with van der Waals surface area (Å²) in [5.74, 6) is 0.378. The summed E-state index contributed by atoms with van der Waals surface area (Å²) in [6.45, 7) is 4.36. The van der Waals surface area contributed by atoms with Gasteiger partial charge in [-0.15, -0.1) is 22.7 Å². The smallest absolute Gasteiger partial charge is 0.0931 e. The molecule has 0 fully saturated rings. The first-order valence-corrected chi connectivity index (χ1v) is 8.34. The molecule has 2 N–H and O–H groups in total. The molecule has 2 aromatic rings. The van der Waals surface area contributed by atoms with Crippen molar-refractivity contribution in [2.75, 3.05) is 6.61 Å². The fraction of sp³-hybridized carbons (Fsp3) is 0.429. The topological polar surface area (TPSA) is 32.3 Å². The highest BCUT2D eigenvalue weighted by Gasteiger charge is 2.22. The van der Waals surface area contributed by atoms with Crippen LogP contribution in [0.3, 0.4) is 0 Å². The van der Waals surface area contributed by atoms with Crippen LogP contribution in [0.25, 0.3) is 0 Å². The minimum absolute atomic E-state index is 0.0768. The Balaban J connectivity index is 2.25. The first kappa shape index (κ1) is 15.0. The number of rotatable bonds is 6. The summed E-state index contributed by atoms with van der Waals surface area (Å²) in [6.07, 6.45) is 0. The lowest BCUT2D eigenvalue weighted by Gasteiger charge is -2.26. The SMILES string of the molecule is CC(C)[C@@H](CO)NC(c1cccs1)c1ccc(Cl)s1. The maximum Gasteiger partial charge on any atom is 0.0931 e. The van der Waals surface area contributed by atoms with Gasteiger partial charge in [0.25, 0.3) is 0 Å². The molecule has 5 heteroatoms. The summed E-state index contributed by atoms with van der Waals surface area (Å²) in [4.78, 5) is 2.43. The summed E-state index contributed by atoms with van der Waals surface area (Å²) < 4.78 is 0.795. The summed E-state index contributed by atoms with van der Waals surface area (Å²) in [5, 5.41) is 15.1. The van der Waals surface area contributed by atoms with Gasteiger partial charge in [-0.2, -0.15) is 0 Å². The molecule has 0 spiro atoms. The fourth-order valence-electron chi connectivity index (χ4n) is 1.91. The molecule has 0 bridgehead atoms. The third-order valence-electron chi connectivity index (χ3n) is 3.09. The molecule has 2 aromatic heterocycles. The molecule has 0 saturated heterocycles. The Labute approximate surface area is 127 Å². The molecule has 0 aromatic carbocycles. The van der Waals surface area contributed by atoms with Crippen LogP contribution in [-0.2, 0) is 0 Å². The third kappa shape index (κ3) is 3.80. The van der Waals surface area contributed by atoms with E-state index in [4.69, 9.17) is 11.6 Å². The van der Waals surface area contributed by atoms with Crippen LogP contribution in [0.4, 0.5) is 0 Å². The number of aliphatic hydroxyl groups is 1. The van der Waals surface area contributed by atoms with E-state index in [0.29, 0.717) is 5.92 Å². The third-order valence-corrected chi connectivity index (χ3v) is 5.32. The van der Waals surface area contributed by atoms with E-state index in [1.54, 1.807) is 22.7 Å². The number of hydrogen-bond donors (Lipinski definition) is 2. The number of thiophene rings is 2. The molecule has 0 aliphatic carbocycles. The van der Waals surface area contributed by atoms with E-state index in [0.717, 1.165) is 4.34 Å². The minimum atomic E-state index is 0.0768. The molecule has 2 atom stereocenters. The highest BCUT2D eigenvalue weighted by atomic mass is 35.5. The second kappa shape index (κ2) is 6.86. The van der Waals surface area contributed by atoms with Gasteiger partial charge in [-0.1, -0.05) is 31.5 Å². The molecule has 0 saturated carbocycles. The van der Waals surface area contributed by atoms with Crippen molar-refractivity contribution in [3.63, 3.8) is 0 Å². The van der Waals surface area contributed by atoms with Gasteiger partial charge in [0, 0.05) is 15.8 Å². The Kier molecular flexibility index (Phi) is 5.42. The Hall–Kier alpha value is -0.390. The number of aliphatic hydroxyl groups excluding tert-OH is 1. The van der Waals surface area contributed by atoms with E-state index in [1.165, 1.54) is 9.75 Å². The van der Waals surface area contributed by atoms with E-state index in [2.05, 4.69) is 36.7 Å². The predicted molar refractivity (Wildman–Crippen MR) is 84.3 cm³/mol. The lowest BCUT2D eigenvalue weighted by molar-refractivity contribution is 0.205. The summed E-state index contributed by atoms with van der Waals surface area (Å²) in [7, 11) is 0. The first-order valence-electron chi connectivity index (χ1n) is 6.27. The van der Waals surface area contributed by atoms with Crippen molar-refractivity contribution in [2.24, 2.45) is 5.92 Å². The van der Waals surface area contributed by atoms with Gasteiger partial charge >= 0.3 is 0 Å². The monoisotopic (exact) mass is 315 g/mol. The second-order valence-corrected chi connectivity index (χ2v) is 7.52. The average molecular weight is 316 g/mol. The van der Waals surface area contributed by atoms with Crippen LogP contribution < -0.4 is 5.32 Å². The number of nitrogens with one attached hydrogen (secondary N) is 1. The molecule has 1 unspecified atom stereocenters. The van der Waals surface area contributed by atoms with Crippen LogP contribution in [0, 0.1) is 5.92 Å². The van der Waals surface area contributed by atoms with E-state index >= 15 is 0 Å². The zero-order valence-corrected chi connectivity index (χ0v) is 13.4. The summed E-state index contributed by atoms with van der Waals surface area (Å²) in [6, 6.07) is 8.33. The van der Waals surface area contributed by atoms with Crippen LogP contribution in [0.1, 0.15) is 29.6 Å². The van der Waals surface area contributed by atoms with Crippen molar-refractivity contribution in [3.05, 3.63) is 43.7 Å². The largest absolute Gasteiger partial charge is 0.395 e. The molecule has 0 radical (unpaired) electrons. The zero-order chi connectivity index (χ0) is 13.8. The standard InChI is InChI=1S/C14H18ClNOS2/c1-9(2)10(8-17)16-14(11-4-3-7-18-11)12-5-6-13(15)19-12/h3-7,9-10,14,16-17H,8H2,1-2H3/t10-,14?/m1/s1. The molecule has 19 heavy (non-hydrogen) atoms. The van der Waals surface area contributed by atoms with Crippen molar-refractivity contribution in [2.45, 2.75) is 25.9 Å². The normalized spacial score (nSPS) is 14.8. The fourth-order valence-corrected chi connectivity index (χ4v) is 3.93. The molecule has 2 heterocycles. The summed E-state index contributed by atoms with van der Waals surface area (Å²) >= 11 is 9.35. The van der Waals surface area contributed by atoms with Crippen molar-refractivity contribution in [1.82, 2.24) is 5.32 Å². The van der Waals surface area contributed by atoms with Gasteiger partial charge in [0.2, 0.25) is 0 Å². The highest BCUT2D eigenvalue weighted by molar-refractivity contribution is 7.16.